The van der Waals surface area contributed by atoms with Crippen molar-refractivity contribution in [2.75, 3.05) is 11.9 Å². The van der Waals surface area contributed by atoms with Gasteiger partial charge in [0.1, 0.15) is 11.9 Å². The van der Waals surface area contributed by atoms with Gasteiger partial charge in [-0.15, -0.1) is 13.2 Å². The van der Waals surface area contributed by atoms with E-state index in [9.17, 15) is 33.8 Å². The summed E-state index contributed by atoms with van der Waals surface area (Å²) in [6, 6.07) is 24.4. The topological polar surface area (TPSA) is 153 Å². The number of halogens is 1. The third-order valence-corrected chi connectivity index (χ3v) is 9.56. The Balaban J connectivity index is 1.41. The smallest absolute Gasteiger partial charge is 0.344 e. The molecule has 1 fully saturated rings. The van der Waals surface area contributed by atoms with Crippen molar-refractivity contribution in [2.45, 2.75) is 76.4 Å². The van der Waals surface area contributed by atoms with Crippen LogP contribution in [0.1, 0.15) is 61.5 Å². The van der Waals surface area contributed by atoms with Crippen LogP contribution < -0.4 is 5.32 Å². The van der Waals surface area contributed by atoms with Gasteiger partial charge in [-0.05, 0) is 66.3 Å². The van der Waals surface area contributed by atoms with Crippen LogP contribution in [0.2, 0.25) is 0 Å². The Morgan fingerprint density at radius 2 is 1.62 bits per heavy atom. The molecule has 5 rings (SSSR count). The van der Waals surface area contributed by atoms with E-state index in [0.717, 1.165) is 5.56 Å². The van der Waals surface area contributed by atoms with Crippen LogP contribution in [0.15, 0.2) is 110 Å². The fourth-order valence-corrected chi connectivity index (χ4v) is 7.07. The molecule has 4 aromatic rings. The monoisotopic (exact) mass is 766 g/mol. The van der Waals surface area contributed by atoms with Gasteiger partial charge in [-0.1, -0.05) is 74.5 Å². The lowest BCUT2D eigenvalue weighted by atomic mass is 9.94. The van der Waals surface area contributed by atoms with Crippen molar-refractivity contribution < 1.29 is 48.0 Å². The number of ether oxygens (including phenoxy) is 3. The molecule has 3 N–H and O–H groups in total. The second kappa shape index (κ2) is 19.1. The standard InChI is InChI=1S/C44H47FN2O9/c1-5-33-24-35(36(6-2)55-33)44(53)54-26-38(51)56-34(25-37(49)50)23-32(48)21-22-47-41(27(3)4)40(43(52)46-31-15-11-8-12-16-31)39(28-13-9-7-10-14-28)42(47)29-17-19-30(45)20-18-29/h5-20,27,32-36,48H,1-2,21-26H2,3-4H3,(H,46,52)(H,49,50)/t32-,33?,34-,35?,36?/m1/s1. The summed E-state index contributed by atoms with van der Waals surface area (Å²) >= 11 is 0. The van der Waals surface area contributed by atoms with Crippen molar-refractivity contribution >= 4 is 29.5 Å². The number of aliphatic hydroxyl groups excluding tert-OH is 1. The largest absolute Gasteiger partial charge is 0.481 e. The third-order valence-electron chi connectivity index (χ3n) is 9.56. The Morgan fingerprint density at radius 3 is 2.23 bits per heavy atom. The van der Waals surface area contributed by atoms with Gasteiger partial charge in [0, 0.05) is 29.9 Å². The summed E-state index contributed by atoms with van der Waals surface area (Å²) in [7, 11) is 0. The Kier molecular flexibility index (Phi) is 14.1. The number of aliphatic hydroxyl groups is 1. The second-order valence-corrected chi connectivity index (χ2v) is 13.9. The molecule has 3 aromatic carbocycles. The number of nitrogens with one attached hydrogen (secondary N) is 1. The second-order valence-electron chi connectivity index (χ2n) is 13.9. The minimum absolute atomic E-state index is 0.0638. The lowest BCUT2D eigenvalue weighted by Gasteiger charge is -2.22. The van der Waals surface area contributed by atoms with Crippen LogP contribution in [0.3, 0.4) is 0 Å². The van der Waals surface area contributed by atoms with Gasteiger partial charge in [-0.3, -0.25) is 14.4 Å². The number of esters is 2. The van der Waals surface area contributed by atoms with E-state index in [1.54, 1.807) is 30.3 Å². The van der Waals surface area contributed by atoms with Gasteiger partial charge < -0.3 is 34.3 Å². The summed E-state index contributed by atoms with van der Waals surface area (Å²) in [6.07, 6.45) is -0.835. The highest BCUT2D eigenvalue weighted by atomic mass is 19.1. The van der Waals surface area contributed by atoms with E-state index in [-0.39, 0.29) is 37.3 Å². The van der Waals surface area contributed by atoms with Gasteiger partial charge in [-0.25, -0.2) is 9.18 Å². The molecule has 0 spiro atoms. The van der Waals surface area contributed by atoms with Crippen molar-refractivity contribution in [3.05, 3.63) is 127 Å². The van der Waals surface area contributed by atoms with Crippen molar-refractivity contribution in [1.29, 1.82) is 0 Å². The van der Waals surface area contributed by atoms with Crippen molar-refractivity contribution in [2.24, 2.45) is 5.92 Å². The van der Waals surface area contributed by atoms with Crippen LogP contribution in [-0.2, 0) is 35.1 Å². The summed E-state index contributed by atoms with van der Waals surface area (Å²) in [6.45, 7) is 10.7. The Bertz CT molecular complexity index is 2010. The van der Waals surface area contributed by atoms with Crippen LogP contribution in [0.5, 0.6) is 0 Å². The Labute approximate surface area is 325 Å². The molecule has 0 radical (unpaired) electrons. The zero-order chi connectivity index (χ0) is 40.4. The minimum atomic E-state index is -1.26. The predicted octanol–water partition coefficient (Wildman–Crippen LogP) is 7.55. The Morgan fingerprint density at radius 1 is 0.964 bits per heavy atom. The van der Waals surface area contributed by atoms with E-state index < -0.39 is 61.0 Å². The molecule has 3 unspecified atom stereocenters. The molecule has 11 nitrogen and oxygen atoms in total. The van der Waals surface area contributed by atoms with Crippen LogP contribution in [0.25, 0.3) is 22.4 Å². The van der Waals surface area contributed by atoms with Gasteiger partial charge in [-0.2, -0.15) is 0 Å². The number of nitrogens with zero attached hydrogens (tertiary/aromatic N) is 1. The fraction of sp³-hybridized carbons (Fsp3) is 0.318. The van der Waals surface area contributed by atoms with Gasteiger partial charge in [0.2, 0.25) is 0 Å². The first-order valence-electron chi connectivity index (χ1n) is 18.5. The number of anilines is 1. The molecule has 0 bridgehead atoms. The molecule has 0 saturated carbocycles. The number of carbonyl (C=O) groups excluding carboxylic acids is 3. The molecule has 2 heterocycles. The molecule has 5 atom stereocenters. The normalized spacial score (nSPS) is 17.5. The SMILES string of the molecule is C=CC1CC(C(=O)OCC(=O)O[C@@H](CC(=O)O)C[C@H](O)CCn2c(-c3ccc(F)cc3)c(-c3ccccc3)c(C(=O)Nc3ccccc3)c2C(C)C)C(C=C)O1. The van der Waals surface area contributed by atoms with Gasteiger partial charge in [0.15, 0.2) is 6.61 Å². The number of carboxylic acids is 1. The number of rotatable bonds is 18. The van der Waals surface area contributed by atoms with E-state index in [1.165, 1.54) is 18.2 Å². The van der Waals surface area contributed by atoms with Crippen molar-refractivity contribution in [3.63, 3.8) is 0 Å². The molecule has 1 amide bonds. The van der Waals surface area contributed by atoms with E-state index >= 15 is 0 Å². The summed E-state index contributed by atoms with van der Waals surface area (Å²) in [5, 5.41) is 24.0. The molecule has 56 heavy (non-hydrogen) atoms. The highest BCUT2D eigenvalue weighted by Crippen LogP contribution is 2.43. The average molecular weight is 767 g/mol. The highest BCUT2D eigenvalue weighted by Gasteiger charge is 2.38. The summed E-state index contributed by atoms with van der Waals surface area (Å²) in [5.74, 6) is -4.61. The summed E-state index contributed by atoms with van der Waals surface area (Å²) < 4.78 is 32.5. The minimum Gasteiger partial charge on any atom is -0.481 e. The van der Waals surface area contributed by atoms with Gasteiger partial charge in [0.25, 0.3) is 5.91 Å². The number of hydrogen-bond donors (Lipinski definition) is 3. The number of aromatic nitrogens is 1. The van der Waals surface area contributed by atoms with Crippen LogP contribution in [0, 0.1) is 11.7 Å². The summed E-state index contributed by atoms with van der Waals surface area (Å²) in [4.78, 5) is 51.6. The number of para-hydroxylation sites is 1. The molecule has 0 aliphatic carbocycles. The molecule has 1 aliphatic rings. The van der Waals surface area contributed by atoms with E-state index in [1.807, 2.05) is 66.9 Å². The van der Waals surface area contributed by atoms with Gasteiger partial charge >= 0.3 is 17.9 Å². The average Bonchev–Trinajstić information content (AvgIpc) is 3.77. The first-order valence-corrected chi connectivity index (χ1v) is 18.5. The Hall–Kier alpha value is -5.85. The number of carboxylic acid groups (broad SMARTS) is 1. The highest BCUT2D eigenvalue weighted by molar-refractivity contribution is 6.12. The quantitative estimate of drug-likeness (QED) is 0.0688. The molecule has 1 aliphatic heterocycles. The molecular formula is C44H47FN2O9. The summed E-state index contributed by atoms with van der Waals surface area (Å²) in [5.41, 5.74) is 4.33. The predicted molar refractivity (Wildman–Crippen MR) is 209 cm³/mol. The lowest BCUT2D eigenvalue weighted by Crippen LogP contribution is -2.31. The molecule has 294 valence electrons. The lowest BCUT2D eigenvalue weighted by molar-refractivity contribution is -0.167. The van der Waals surface area contributed by atoms with E-state index in [2.05, 4.69) is 18.5 Å². The first-order chi connectivity index (χ1) is 26.9. The van der Waals surface area contributed by atoms with E-state index in [4.69, 9.17) is 14.2 Å². The molecular weight excluding hydrogens is 719 g/mol. The molecule has 1 aromatic heterocycles. The number of carbonyl (C=O) groups is 4. The third kappa shape index (κ3) is 10.3. The molecule has 12 heteroatoms. The van der Waals surface area contributed by atoms with Crippen LogP contribution >= 0.6 is 0 Å². The van der Waals surface area contributed by atoms with Gasteiger partial charge in [0.05, 0.1) is 41.9 Å². The maximum Gasteiger partial charge on any atom is 0.344 e. The number of amides is 1. The zero-order valence-electron chi connectivity index (χ0n) is 31.4. The van der Waals surface area contributed by atoms with Crippen molar-refractivity contribution in [1.82, 2.24) is 4.57 Å². The maximum atomic E-state index is 14.3. The fourth-order valence-electron chi connectivity index (χ4n) is 7.07. The van der Waals surface area contributed by atoms with Crippen molar-refractivity contribution in [3.8, 4) is 22.4 Å². The number of benzene rings is 3. The number of hydrogen-bond acceptors (Lipinski definition) is 8. The first kappa shape index (κ1) is 41.3. The maximum absolute atomic E-state index is 14.3. The molecule has 1 saturated heterocycles. The van der Waals surface area contributed by atoms with Crippen LogP contribution in [0.4, 0.5) is 10.1 Å². The van der Waals surface area contributed by atoms with E-state index in [0.29, 0.717) is 40.2 Å². The zero-order valence-corrected chi connectivity index (χ0v) is 31.4. The number of aliphatic carboxylic acids is 1. The van der Waals surface area contributed by atoms with Crippen LogP contribution in [-0.4, -0.2) is 69.6 Å².